The van der Waals surface area contributed by atoms with E-state index in [2.05, 4.69) is 34.2 Å². The largest absolute Gasteiger partial charge is 0.481 e. The number of aromatic amines is 1. The average molecular weight is 490 g/mol. The van der Waals surface area contributed by atoms with Gasteiger partial charge >= 0.3 is 5.97 Å². The van der Waals surface area contributed by atoms with E-state index in [1.807, 2.05) is 24.3 Å². The van der Waals surface area contributed by atoms with Crippen molar-refractivity contribution in [3.63, 3.8) is 0 Å². The number of imidazole rings is 1. The number of carboxylic acid groups (broad SMARTS) is 1. The summed E-state index contributed by atoms with van der Waals surface area (Å²) in [6.07, 6.45) is 4.33. The molecule has 4 N–H and O–H groups in total. The van der Waals surface area contributed by atoms with Crippen LogP contribution < -0.4 is 5.14 Å². The Balaban J connectivity index is 1.29. The molecule has 0 spiro atoms. The minimum atomic E-state index is -3.77. The zero-order valence-corrected chi connectivity index (χ0v) is 20.0. The van der Waals surface area contributed by atoms with Crippen molar-refractivity contribution in [3.05, 3.63) is 72.3 Å². The highest BCUT2D eigenvalue weighted by Gasteiger charge is 2.24. The molecule has 1 saturated carbocycles. The zero-order valence-electron chi connectivity index (χ0n) is 19.1. The van der Waals surface area contributed by atoms with Gasteiger partial charge in [-0.1, -0.05) is 48.5 Å². The summed E-state index contributed by atoms with van der Waals surface area (Å²) >= 11 is 0. The maximum atomic E-state index is 11.6. The van der Waals surface area contributed by atoms with Gasteiger partial charge in [0.1, 0.15) is 5.82 Å². The quantitative estimate of drug-likeness (QED) is 0.339. The number of hydrogen-bond donors (Lipinski definition) is 3. The van der Waals surface area contributed by atoms with Crippen LogP contribution in [0.1, 0.15) is 43.6 Å². The van der Waals surface area contributed by atoms with Crippen LogP contribution in [0.15, 0.2) is 71.6 Å². The highest BCUT2D eigenvalue weighted by Crippen LogP contribution is 2.37. The van der Waals surface area contributed by atoms with Gasteiger partial charge in [-0.05, 0) is 72.4 Å². The second-order valence-electron chi connectivity index (χ2n) is 9.32. The molecular formula is C27H27N3O4S. The number of hydrogen-bond acceptors (Lipinski definition) is 4. The number of rotatable bonds is 6. The standard InChI is InChI=1S/C27H27N3O4S/c28-35(33,34)23-13-14-24-25(16-23)30-27(29-24)22-11-9-21(10-12-22)20-7-5-19(6-8-20)18-3-1-17(2-4-18)15-26(31)32/h5-14,16-18H,1-4,15H2,(H,29,30)(H,31,32)(H2,28,33,34). The van der Waals surface area contributed by atoms with Crippen LogP contribution in [0.25, 0.3) is 33.5 Å². The van der Waals surface area contributed by atoms with Crippen molar-refractivity contribution in [2.24, 2.45) is 11.1 Å². The molecule has 1 aliphatic carbocycles. The summed E-state index contributed by atoms with van der Waals surface area (Å²) in [5.74, 6) is 0.774. The van der Waals surface area contributed by atoms with Gasteiger partial charge < -0.3 is 10.1 Å². The predicted molar refractivity (Wildman–Crippen MR) is 135 cm³/mol. The Kier molecular flexibility index (Phi) is 6.17. The van der Waals surface area contributed by atoms with Crippen LogP contribution in [0.4, 0.5) is 0 Å². The van der Waals surface area contributed by atoms with Gasteiger partial charge in [-0.15, -0.1) is 0 Å². The second kappa shape index (κ2) is 9.28. The van der Waals surface area contributed by atoms with E-state index in [4.69, 9.17) is 10.2 Å². The molecule has 1 aromatic heterocycles. The Bertz CT molecular complexity index is 1470. The van der Waals surface area contributed by atoms with Crippen LogP contribution >= 0.6 is 0 Å². The molecule has 1 heterocycles. The van der Waals surface area contributed by atoms with E-state index in [9.17, 15) is 13.2 Å². The van der Waals surface area contributed by atoms with Crippen LogP contribution in [0, 0.1) is 5.92 Å². The summed E-state index contributed by atoms with van der Waals surface area (Å²) in [5, 5.41) is 14.2. The van der Waals surface area contributed by atoms with Gasteiger partial charge in [-0.3, -0.25) is 4.79 Å². The summed E-state index contributed by atoms with van der Waals surface area (Å²) in [6, 6.07) is 21.3. The van der Waals surface area contributed by atoms with Crippen molar-refractivity contribution in [2.45, 2.75) is 42.9 Å². The van der Waals surface area contributed by atoms with E-state index in [0.29, 0.717) is 28.7 Å². The second-order valence-corrected chi connectivity index (χ2v) is 10.9. The maximum absolute atomic E-state index is 11.6. The first-order valence-corrected chi connectivity index (χ1v) is 13.3. The summed E-state index contributed by atoms with van der Waals surface area (Å²) in [7, 11) is -3.77. The molecule has 0 bridgehead atoms. The number of nitrogens with zero attached hydrogens (tertiary/aromatic N) is 1. The van der Waals surface area contributed by atoms with Gasteiger partial charge in [-0.2, -0.15) is 0 Å². The molecule has 180 valence electrons. The lowest BCUT2D eigenvalue weighted by Gasteiger charge is -2.28. The van der Waals surface area contributed by atoms with Crippen LogP contribution in [-0.2, 0) is 14.8 Å². The third kappa shape index (κ3) is 5.13. The number of aliphatic carboxylic acids is 1. The van der Waals surface area contributed by atoms with Gasteiger partial charge in [0.25, 0.3) is 0 Å². The number of carboxylic acids is 1. The molecule has 1 fully saturated rings. The van der Waals surface area contributed by atoms with E-state index in [1.54, 1.807) is 6.07 Å². The molecule has 8 heteroatoms. The number of aromatic nitrogens is 2. The fraction of sp³-hybridized carbons (Fsp3) is 0.259. The molecule has 0 amide bonds. The Morgan fingerprint density at radius 1 is 0.914 bits per heavy atom. The van der Waals surface area contributed by atoms with Crippen molar-refractivity contribution >= 4 is 27.0 Å². The number of sulfonamides is 1. The van der Waals surface area contributed by atoms with Crippen molar-refractivity contribution in [3.8, 4) is 22.5 Å². The number of nitrogens with one attached hydrogen (secondary N) is 1. The first kappa shape index (κ1) is 23.3. The van der Waals surface area contributed by atoms with Crippen molar-refractivity contribution in [1.29, 1.82) is 0 Å². The van der Waals surface area contributed by atoms with E-state index in [-0.39, 0.29) is 11.3 Å². The van der Waals surface area contributed by atoms with Gasteiger partial charge in [0.15, 0.2) is 0 Å². The van der Waals surface area contributed by atoms with Crippen LogP contribution in [0.3, 0.4) is 0 Å². The Morgan fingerprint density at radius 3 is 2.11 bits per heavy atom. The number of nitrogens with two attached hydrogens (primary N) is 1. The predicted octanol–water partition coefficient (Wildman–Crippen LogP) is 5.29. The SMILES string of the molecule is NS(=O)(=O)c1ccc2nc(-c3ccc(-c4ccc(C5CCC(CC(=O)O)CC5)cc4)cc3)[nH]c2c1. The molecule has 5 rings (SSSR count). The molecule has 0 atom stereocenters. The first-order valence-electron chi connectivity index (χ1n) is 11.7. The molecule has 0 aliphatic heterocycles. The first-order chi connectivity index (χ1) is 16.8. The van der Waals surface area contributed by atoms with Gasteiger partial charge in [0.05, 0.1) is 15.9 Å². The van der Waals surface area contributed by atoms with E-state index in [0.717, 1.165) is 42.4 Å². The van der Waals surface area contributed by atoms with Gasteiger partial charge in [-0.25, -0.2) is 18.5 Å². The Hall–Kier alpha value is -3.49. The van der Waals surface area contributed by atoms with Crippen molar-refractivity contribution < 1.29 is 18.3 Å². The topological polar surface area (TPSA) is 126 Å². The fourth-order valence-corrected chi connectivity index (χ4v) is 5.56. The van der Waals surface area contributed by atoms with E-state index >= 15 is 0 Å². The van der Waals surface area contributed by atoms with Crippen LogP contribution in [-0.4, -0.2) is 29.5 Å². The highest BCUT2D eigenvalue weighted by atomic mass is 32.2. The summed E-state index contributed by atoms with van der Waals surface area (Å²) in [5.41, 5.74) is 5.73. The lowest BCUT2D eigenvalue weighted by Crippen LogP contribution is -2.16. The monoisotopic (exact) mass is 489 g/mol. The Labute approximate surface area is 204 Å². The molecule has 7 nitrogen and oxygen atoms in total. The molecule has 0 radical (unpaired) electrons. The lowest BCUT2D eigenvalue weighted by atomic mass is 9.77. The molecule has 1 aliphatic rings. The zero-order chi connectivity index (χ0) is 24.6. The third-order valence-electron chi connectivity index (χ3n) is 6.97. The summed E-state index contributed by atoms with van der Waals surface area (Å²) < 4.78 is 23.2. The molecule has 3 aromatic carbocycles. The smallest absolute Gasteiger partial charge is 0.303 e. The summed E-state index contributed by atoms with van der Waals surface area (Å²) in [4.78, 5) is 18.7. The molecule has 35 heavy (non-hydrogen) atoms. The number of H-pyrrole nitrogens is 1. The number of fused-ring (bicyclic) bond motifs is 1. The number of primary sulfonamides is 1. The Morgan fingerprint density at radius 2 is 1.51 bits per heavy atom. The van der Waals surface area contributed by atoms with Crippen molar-refractivity contribution in [1.82, 2.24) is 9.97 Å². The number of benzene rings is 3. The van der Waals surface area contributed by atoms with E-state index < -0.39 is 16.0 Å². The molecule has 4 aromatic rings. The summed E-state index contributed by atoms with van der Waals surface area (Å²) in [6.45, 7) is 0. The van der Waals surface area contributed by atoms with Crippen LogP contribution in [0.2, 0.25) is 0 Å². The molecule has 0 saturated heterocycles. The third-order valence-corrected chi connectivity index (χ3v) is 7.88. The van der Waals surface area contributed by atoms with E-state index in [1.165, 1.54) is 17.7 Å². The lowest BCUT2D eigenvalue weighted by molar-refractivity contribution is -0.138. The molecular weight excluding hydrogens is 462 g/mol. The van der Waals surface area contributed by atoms with Gasteiger partial charge in [0, 0.05) is 12.0 Å². The average Bonchev–Trinajstić information content (AvgIpc) is 3.28. The fourth-order valence-electron chi connectivity index (χ4n) is 5.02. The van der Waals surface area contributed by atoms with Gasteiger partial charge in [0.2, 0.25) is 10.0 Å². The number of carbonyl (C=O) groups is 1. The van der Waals surface area contributed by atoms with Crippen LogP contribution in [0.5, 0.6) is 0 Å². The maximum Gasteiger partial charge on any atom is 0.303 e. The minimum Gasteiger partial charge on any atom is -0.481 e. The van der Waals surface area contributed by atoms with Crippen molar-refractivity contribution in [2.75, 3.05) is 0 Å². The normalized spacial score (nSPS) is 18.5. The highest BCUT2D eigenvalue weighted by molar-refractivity contribution is 7.89. The molecule has 0 unspecified atom stereocenters. The minimum absolute atomic E-state index is 0.0484.